The summed E-state index contributed by atoms with van der Waals surface area (Å²) in [6.07, 6.45) is 0.150. The van der Waals surface area contributed by atoms with Crippen LogP contribution in [0, 0.1) is 6.92 Å². The van der Waals surface area contributed by atoms with Gasteiger partial charge in [0, 0.05) is 12.0 Å². The zero-order valence-electron chi connectivity index (χ0n) is 10.0. The predicted octanol–water partition coefficient (Wildman–Crippen LogP) is 2.70. The third-order valence-electron chi connectivity index (χ3n) is 2.42. The van der Waals surface area contributed by atoms with Crippen molar-refractivity contribution in [3.63, 3.8) is 0 Å². The van der Waals surface area contributed by atoms with E-state index in [4.69, 9.17) is 9.47 Å². The minimum Gasteiger partial charge on any atom is -0.493 e. The van der Waals surface area contributed by atoms with Gasteiger partial charge in [0.05, 0.1) is 24.8 Å². The number of aryl methyl sites for hydroxylation is 1. The van der Waals surface area contributed by atoms with Crippen LogP contribution in [0.1, 0.15) is 18.1 Å². The van der Waals surface area contributed by atoms with Crippen LogP contribution < -0.4 is 9.47 Å². The fourth-order valence-electron chi connectivity index (χ4n) is 1.72. The molecule has 1 N–H and O–H groups in total. The monoisotopic (exact) mass is 288 g/mol. The van der Waals surface area contributed by atoms with E-state index in [1.165, 1.54) is 0 Å². The van der Waals surface area contributed by atoms with Crippen LogP contribution in [-0.2, 0) is 6.42 Å². The molecule has 0 aromatic heterocycles. The first-order valence-electron chi connectivity index (χ1n) is 5.09. The van der Waals surface area contributed by atoms with Crippen molar-refractivity contribution in [3.8, 4) is 11.5 Å². The van der Waals surface area contributed by atoms with Gasteiger partial charge in [-0.25, -0.2) is 0 Å². The van der Waals surface area contributed by atoms with Gasteiger partial charge < -0.3 is 14.6 Å². The quantitative estimate of drug-likeness (QED) is 0.926. The number of aliphatic hydroxyl groups is 1. The van der Waals surface area contributed by atoms with E-state index in [-0.39, 0.29) is 0 Å². The van der Waals surface area contributed by atoms with Crippen LogP contribution in [0.2, 0.25) is 0 Å². The molecule has 0 fully saturated rings. The van der Waals surface area contributed by atoms with Crippen LogP contribution in [0.5, 0.6) is 11.5 Å². The van der Waals surface area contributed by atoms with Crippen molar-refractivity contribution in [3.05, 3.63) is 21.7 Å². The highest BCUT2D eigenvalue weighted by Gasteiger charge is 2.17. The summed E-state index contributed by atoms with van der Waals surface area (Å²) in [7, 11) is 3.21. The second kappa shape index (κ2) is 5.55. The molecule has 1 aromatic rings. The SMILES string of the molecule is COc1c(Br)cc(C)c(CC(C)O)c1OC. The zero-order valence-corrected chi connectivity index (χ0v) is 11.6. The summed E-state index contributed by atoms with van der Waals surface area (Å²) < 4.78 is 11.5. The molecule has 1 atom stereocenters. The standard InChI is InChI=1S/C12H17BrO3/c1-7-5-10(13)12(16-4)11(15-3)9(7)6-8(2)14/h5,8,14H,6H2,1-4H3. The fourth-order valence-corrected chi connectivity index (χ4v) is 2.41. The van der Waals surface area contributed by atoms with Crippen LogP contribution in [-0.4, -0.2) is 25.4 Å². The summed E-state index contributed by atoms with van der Waals surface area (Å²) in [5.74, 6) is 1.36. The Bertz CT molecular complexity index is 375. The number of rotatable bonds is 4. The Morgan fingerprint density at radius 2 is 1.88 bits per heavy atom. The molecule has 3 nitrogen and oxygen atoms in total. The number of benzene rings is 1. The third-order valence-corrected chi connectivity index (χ3v) is 3.01. The molecule has 1 aromatic carbocycles. The van der Waals surface area contributed by atoms with Gasteiger partial charge in [0.2, 0.25) is 0 Å². The number of hydrogen-bond donors (Lipinski definition) is 1. The number of ether oxygens (including phenoxy) is 2. The minimum atomic E-state index is -0.404. The molecule has 0 aliphatic carbocycles. The Morgan fingerprint density at radius 3 is 2.31 bits per heavy atom. The lowest BCUT2D eigenvalue weighted by molar-refractivity contribution is 0.193. The molecule has 0 amide bonds. The smallest absolute Gasteiger partial charge is 0.175 e. The highest BCUT2D eigenvalue weighted by Crippen LogP contribution is 2.40. The lowest BCUT2D eigenvalue weighted by atomic mass is 10.0. The van der Waals surface area contributed by atoms with Gasteiger partial charge >= 0.3 is 0 Å². The zero-order chi connectivity index (χ0) is 12.3. The van der Waals surface area contributed by atoms with E-state index >= 15 is 0 Å². The molecule has 0 bridgehead atoms. The number of aliphatic hydroxyl groups excluding tert-OH is 1. The second-order valence-corrected chi connectivity index (χ2v) is 4.63. The maximum Gasteiger partial charge on any atom is 0.175 e. The van der Waals surface area contributed by atoms with Crippen molar-refractivity contribution >= 4 is 15.9 Å². The van der Waals surface area contributed by atoms with Crippen LogP contribution in [0.15, 0.2) is 10.5 Å². The third kappa shape index (κ3) is 2.68. The first-order chi connectivity index (χ1) is 7.51. The van der Waals surface area contributed by atoms with Gasteiger partial charge in [-0.2, -0.15) is 0 Å². The molecule has 0 aliphatic heterocycles. The van der Waals surface area contributed by atoms with Gasteiger partial charge in [0.1, 0.15) is 0 Å². The minimum absolute atomic E-state index is 0.404. The summed E-state index contributed by atoms with van der Waals surface area (Å²) in [6.45, 7) is 3.75. The molecule has 90 valence electrons. The molecule has 0 heterocycles. The number of halogens is 1. The predicted molar refractivity (Wildman–Crippen MR) is 67.4 cm³/mol. The summed E-state index contributed by atoms with van der Waals surface area (Å²) >= 11 is 3.43. The van der Waals surface area contributed by atoms with Gasteiger partial charge in [-0.05, 0) is 41.4 Å². The Morgan fingerprint density at radius 1 is 1.31 bits per heavy atom. The average molecular weight is 289 g/mol. The summed E-state index contributed by atoms with van der Waals surface area (Å²) in [5.41, 5.74) is 2.06. The lowest BCUT2D eigenvalue weighted by Gasteiger charge is -2.17. The maximum atomic E-state index is 9.48. The normalized spacial score (nSPS) is 12.4. The molecule has 0 saturated carbocycles. The first-order valence-corrected chi connectivity index (χ1v) is 5.88. The van der Waals surface area contributed by atoms with E-state index in [1.54, 1.807) is 21.1 Å². The van der Waals surface area contributed by atoms with Gasteiger partial charge in [-0.3, -0.25) is 0 Å². The molecule has 1 unspecified atom stereocenters. The van der Waals surface area contributed by atoms with Crippen molar-refractivity contribution in [2.24, 2.45) is 0 Å². The largest absolute Gasteiger partial charge is 0.493 e. The van der Waals surface area contributed by atoms with Crippen LogP contribution >= 0.6 is 15.9 Å². The fraction of sp³-hybridized carbons (Fsp3) is 0.500. The van der Waals surface area contributed by atoms with E-state index in [9.17, 15) is 5.11 Å². The van der Waals surface area contributed by atoms with Crippen molar-refractivity contribution in [2.75, 3.05) is 14.2 Å². The van der Waals surface area contributed by atoms with Crippen molar-refractivity contribution < 1.29 is 14.6 Å². The van der Waals surface area contributed by atoms with Crippen molar-refractivity contribution in [1.82, 2.24) is 0 Å². The average Bonchev–Trinajstić information content (AvgIpc) is 2.20. The Labute approximate surface area is 105 Å². The van der Waals surface area contributed by atoms with E-state index in [0.717, 1.165) is 15.6 Å². The number of methoxy groups -OCH3 is 2. The maximum absolute atomic E-state index is 9.48. The summed E-state index contributed by atoms with van der Waals surface area (Å²) in [5, 5.41) is 9.48. The highest BCUT2D eigenvalue weighted by atomic mass is 79.9. The number of hydrogen-bond acceptors (Lipinski definition) is 3. The second-order valence-electron chi connectivity index (χ2n) is 3.77. The van der Waals surface area contributed by atoms with Crippen LogP contribution in [0.4, 0.5) is 0 Å². The molecule has 0 aliphatic rings. The van der Waals surface area contributed by atoms with Crippen LogP contribution in [0.25, 0.3) is 0 Å². The van der Waals surface area contributed by atoms with Crippen molar-refractivity contribution in [2.45, 2.75) is 26.4 Å². The molecular formula is C12H17BrO3. The summed E-state index contributed by atoms with van der Waals surface area (Å²) in [4.78, 5) is 0. The highest BCUT2D eigenvalue weighted by molar-refractivity contribution is 9.10. The molecule has 4 heteroatoms. The van der Waals surface area contributed by atoms with E-state index < -0.39 is 6.10 Å². The van der Waals surface area contributed by atoms with Gasteiger partial charge in [-0.1, -0.05) is 0 Å². The van der Waals surface area contributed by atoms with E-state index in [1.807, 2.05) is 13.0 Å². The summed E-state index contributed by atoms with van der Waals surface area (Å²) in [6, 6.07) is 1.97. The Kier molecular flexibility index (Phi) is 4.62. The van der Waals surface area contributed by atoms with E-state index in [2.05, 4.69) is 15.9 Å². The van der Waals surface area contributed by atoms with Gasteiger partial charge in [0.25, 0.3) is 0 Å². The van der Waals surface area contributed by atoms with Gasteiger partial charge in [-0.15, -0.1) is 0 Å². The van der Waals surface area contributed by atoms with Gasteiger partial charge in [0.15, 0.2) is 11.5 Å². The van der Waals surface area contributed by atoms with E-state index in [0.29, 0.717) is 17.9 Å². The molecule has 0 radical (unpaired) electrons. The molecule has 1 rings (SSSR count). The Balaban J connectivity index is 3.34. The molecule has 0 saturated heterocycles. The molecule has 0 spiro atoms. The molecule has 16 heavy (non-hydrogen) atoms. The Hall–Kier alpha value is -0.740. The first kappa shape index (κ1) is 13.3. The van der Waals surface area contributed by atoms with Crippen LogP contribution in [0.3, 0.4) is 0 Å². The lowest BCUT2D eigenvalue weighted by Crippen LogP contribution is -2.08. The topological polar surface area (TPSA) is 38.7 Å². The molecular weight excluding hydrogens is 272 g/mol. The van der Waals surface area contributed by atoms with Crippen molar-refractivity contribution in [1.29, 1.82) is 0 Å².